The Kier molecular flexibility index (Phi) is 12.7. The molecule has 4 N–H and O–H groups in total. The normalized spacial score (nSPS) is 13.0. The predicted molar refractivity (Wildman–Crippen MR) is 254 cm³/mol. The summed E-state index contributed by atoms with van der Waals surface area (Å²) >= 11 is 0. The van der Waals surface area contributed by atoms with Crippen LogP contribution < -0.4 is 10.6 Å². The Morgan fingerprint density at radius 1 is 0.413 bits per heavy atom. The predicted octanol–water partition coefficient (Wildman–Crippen LogP) is 11.5. The van der Waals surface area contributed by atoms with Crippen LogP contribution in [0.15, 0.2) is 206 Å². The summed E-state index contributed by atoms with van der Waals surface area (Å²) in [6, 6.07) is 63.2. The third-order valence-electron chi connectivity index (χ3n) is 12.7. The highest BCUT2D eigenvalue weighted by atomic mass is 16.3. The van der Waals surface area contributed by atoms with Gasteiger partial charge in [-0.25, -0.2) is 0 Å². The number of rotatable bonds is 16. The number of aliphatic hydroxyl groups is 2. The molecule has 316 valence electrons. The first kappa shape index (κ1) is 42.8. The van der Waals surface area contributed by atoms with Crippen molar-refractivity contribution in [1.82, 2.24) is 10.6 Å². The van der Waals surface area contributed by atoms with E-state index in [4.69, 9.17) is 0 Å². The second-order valence-electron chi connectivity index (χ2n) is 16.5. The maximum absolute atomic E-state index is 15.9. The molecule has 8 aromatic carbocycles. The fourth-order valence-corrected chi connectivity index (χ4v) is 9.66. The topological polar surface area (TPSA) is 98.7 Å². The molecular weight excluding hydrogens is 777 g/mol. The molecule has 0 aliphatic rings. The summed E-state index contributed by atoms with van der Waals surface area (Å²) in [5.74, 6) is -1.02. The maximum Gasteiger partial charge on any atom is 0.236 e. The Bertz CT molecular complexity index is 2510. The molecular formula is C57H54N2O4. The molecule has 0 spiro atoms. The molecule has 6 nitrogen and oxygen atoms in total. The number of benzene rings is 8. The van der Waals surface area contributed by atoms with Crippen molar-refractivity contribution in [3.63, 3.8) is 0 Å². The number of hydrogen-bond acceptors (Lipinski definition) is 4. The zero-order chi connectivity index (χ0) is 43.9. The van der Waals surface area contributed by atoms with Gasteiger partial charge < -0.3 is 20.8 Å². The number of carbonyl (C=O) groups excluding carboxylic acids is 2. The quantitative estimate of drug-likeness (QED) is 0.0729. The van der Waals surface area contributed by atoms with Crippen LogP contribution in [0.25, 0.3) is 21.5 Å². The van der Waals surface area contributed by atoms with Gasteiger partial charge in [-0.3, -0.25) is 9.59 Å². The monoisotopic (exact) mass is 830 g/mol. The summed E-state index contributed by atoms with van der Waals surface area (Å²) < 4.78 is 0. The minimum atomic E-state index is -1.78. The van der Waals surface area contributed by atoms with Crippen molar-refractivity contribution < 1.29 is 19.8 Å². The van der Waals surface area contributed by atoms with E-state index in [1.165, 1.54) is 0 Å². The summed E-state index contributed by atoms with van der Waals surface area (Å²) in [6.07, 6.45) is 1.46. The van der Waals surface area contributed by atoms with Gasteiger partial charge in [-0.1, -0.05) is 233 Å². The van der Waals surface area contributed by atoms with Gasteiger partial charge in [0.15, 0.2) is 0 Å². The number of fused-ring (bicyclic) bond motifs is 2. The van der Waals surface area contributed by atoms with Crippen molar-refractivity contribution in [2.45, 2.75) is 62.8 Å². The van der Waals surface area contributed by atoms with Crippen LogP contribution in [-0.4, -0.2) is 22.0 Å². The van der Waals surface area contributed by atoms with E-state index in [9.17, 15) is 10.2 Å². The minimum Gasteiger partial charge on any atom is -0.378 e. The molecule has 0 aliphatic carbocycles. The SMILES string of the molecule is CCCC(CCC)(C(=O)N[C@@H](c1cccc2ccccc12)C(O)(c1ccccc1)c1ccccc1)C(=O)N[C@@H](c1cccc2ccccc12)C(O)(c1ccccc1)c1ccccc1. The molecule has 63 heavy (non-hydrogen) atoms. The smallest absolute Gasteiger partial charge is 0.236 e. The summed E-state index contributed by atoms with van der Waals surface area (Å²) in [5.41, 5.74) is -1.44. The van der Waals surface area contributed by atoms with E-state index >= 15 is 9.59 Å². The van der Waals surface area contributed by atoms with Crippen molar-refractivity contribution in [1.29, 1.82) is 0 Å². The first-order chi connectivity index (χ1) is 30.8. The van der Waals surface area contributed by atoms with Crippen molar-refractivity contribution in [2.24, 2.45) is 5.41 Å². The van der Waals surface area contributed by atoms with Crippen molar-refractivity contribution in [3.05, 3.63) is 240 Å². The van der Waals surface area contributed by atoms with Gasteiger partial charge in [-0.05, 0) is 67.8 Å². The summed E-state index contributed by atoms with van der Waals surface area (Å²) in [4.78, 5) is 31.8. The Morgan fingerprint density at radius 2 is 0.698 bits per heavy atom. The zero-order valence-electron chi connectivity index (χ0n) is 35.8. The Balaban J connectivity index is 1.32. The lowest BCUT2D eigenvalue weighted by Crippen LogP contribution is -2.57. The van der Waals surface area contributed by atoms with E-state index in [1.54, 1.807) is 0 Å². The van der Waals surface area contributed by atoms with Gasteiger partial charge in [0.25, 0.3) is 0 Å². The van der Waals surface area contributed by atoms with E-state index in [0.29, 0.717) is 46.2 Å². The highest BCUT2D eigenvalue weighted by molar-refractivity contribution is 6.06. The molecule has 2 amide bonds. The van der Waals surface area contributed by atoms with E-state index in [2.05, 4.69) is 10.6 Å². The first-order valence-corrected chi connectivity index (χ1v) is 22.0. The van der Waals surface area contributed by atoms with E-state index in [1.807, 2.05) is 220 Å². The van der Waals surface area contributed by atoms with Gasteiger partial charge in [-0.2, -0.15) is 0 Å². The molecule has 0 radical (unpaired) electrons. The molecule has 8 rings (SSSR count). The molecule has 0 saturated heterocycles. The highest BCUT2D eigenvalue weighted by Crippen LogP contribution is 2.47. The van der Waals surface area contributed by atoms with E-state index in [0.717, 1.165) is 21.5 Å². The van der Waals surface area contributed by atoms with Gasteiger partial charge in [0.05, 0.1) is 12.1 Å². The van der Waals surface area contributed by atoms with Crippen molar-refractivity contribution in [2.75, 3.05) is 0 Å². The second kappa shape index (κ2) is 18.6. The van der Waals surface area contributed by atoms with Crippen LogP contribution in [0.2, 0.25) is 0 Å². The molecule has 0 aromatic heterocycles. The average molecular weight is 831 g/mol. The average Bonchev–Trinajstić information content (AvgIpc) is 3.35. The number of nitrogens with one attached hydrogen (secondary N) is 2. The van der Waals surface area contributed by atoms with Crippen molar-refractivity contribution in [3.8, 4) is 0 Å². The van der Waals surface area contributed by atoms with Crippen LogP contribution in [0.5, 0.6) is 0 Å². The van der Waals surface area contributed by atoms with Gasteiger partial charge in [0.2, 0.25) is 11.8 Å². The maximum atomic E-state index is 15.9. The largest absolute Gasteiger partial charge is 0.378 e. The van der Waals surface area contributed by atoms with Crippen LogP contribution in [0.3, 0.4) is 0 Å². The fourth-order valence-electron chi connectivity index (χ4n) is 9.66. The second-order valence-corrected chi connectivity index (χ2v) is 16.5. The highest BCUT2D eigenvalue weighted by Gasteiger charge is 2.52. The van der Waals surface area contributed by atoms with Crippen LogP contribution in [0.1, 0.15) is 85.0 Å². The minimum absolute atomic E-state index is 0.216. The molecule has 6 heteroatoms. The Morgan fingerprint density at radius 3 is 1.02 bits per heavy atom. The van der Waals surface area contributed by atoms with Gasteiger partial charge in [0, 0.05) is 0 Å². The van der Waals surface area contributed by atoms with Gasteiger partial charge in [0.1, 0.15) is 16.6 Å². The van der Waals surface area contributed by atoms with Gasteiger partial charge >= 0.3 is 0 Å². The third-order valence-corrected chi connectivity index (χ3v) is 12.7. The Labute approximate surface area is 370 Å². The van der Waals surface area contributed by atoms with Crippen molar-refractivity contribution >= 4 is 33.4 Å². The molecule has 0 bridgehead atoms. The lowest BCUT2D eigenvalue weighted by molar-refractivity contribution is -0.148. The lowest BCUT2D eigenvalue weighted by Gasteiger charge is -2.43. The van der Waals surface area contributed by atoms with Crippen LogP contribution in [0.4, 0.5) is 0 Å². The summed E-state index contributed by atoms with van der Waals surface area (Å²) in [7, 11) is 0. The van der Waals surface area contributed by atoms with Crippen LogP contribution in [0, 0.1) is 5.41 Å². The molecule has 8 aromatic rings. The first-order valence-electron chi connectivity index (χ1n) is 22.0. The zero-order valence-corrected chi connectivity index (χ0v) is 35.8. The standard InChI is InChI=1S/C57H54N2O4/c1-3-39-55(40-4-2,53(60)58-51(49-37-21-25-41-23-17-19-35-47(41)49)56(62,43-27-9-5-10-28-43)44-29-11-6-12-30-44)54(61)59-52(50-38-22-26-42-24-18-20-36-48(42)50)57(63,45-31-13-7-14-32-45)46-33-15-8-16-34-46/h5-38,51-52,62-63H,3-4,39-40H2,1-2H3,(H,58,60)(H,59,61)/t51-,52-/m0/s1. The van der Waals surface area contributed by atoms with E-state index < -0.39 is 40.5 Å². The van der Waals surface area contributed by atoms with Gasteiger partial charge in [-0.15, -0.1) is 0 Å². The summed E-state index contributed by atoms with van der Waals surface area (Å²) in [5, 5.41) is 37.5. The summed E-state index contributed by atoms with van der Waals surface area (Å²) in [6.45, 7) is 3.95. The third kappa shape index (κ3) is 8.04. The molecule has 0 heterocycles. The lowest BCUT2D eigenvalue weighted by atomic mass is 9.72. The number of carbonyl (C=O) groups is 2. The molecule has 2 atom stereocenters. The molecule has 0 aliphatic heterocycles. The Hall–Kier alpha value is -6.86. The van der Waals surface area contributed by atoms with Crippen LogP contribution >= 0.6 is 0 Å². The molecule has 0 saturated carbocycles. The number of amides is 2. The molecule has 0 unspecified atom stereocenters. The van der Waals surface area contributed by atoms with Crippen LogP contribution in [-0.2, 0) is 20.8 Å². The fraction of sp³-hybridized carbons (Fsp3) is 0.193. The molecule has 0 fully saturated rings. The van der Waals surface area contributed by atoms with E-state index in [-0.39, 0.29) is 12.8 Å². The number of hydrogen-bond donors (Lipinski definition) is 4.